The highest BCUT2D eigenvalue weighted by atomic mass is 79.9. The molecule has 8 heteroatoms. The number of carbonyl (C=O) groups is 3. The number of rotatable bonds is 3. The minimum absolute atomic E-state index is 0.0738. The Morgan fingerprint density at radius 2 is 1.69 bits per heavy atom. The summed E-state index contributed by atoms with van der Waals surface area (Å²) in [5.74, 6) is -2.58. The van der Waals surface area contributed by atoms with Crippen LogP contribution in [0.15, 0.2) is 58.2 Å². The van der Waals surface area contributed by atoms with E-state index >= 15 is 0 Å². The van der Waals surface area contributed by atoms with Crippen LogP contribution < -0.4 is 4.90 Å². The smallest absolute Gasteiger partial charge is 0.278 e. The van der Waals surface area contributed by atoms with Crippen LogP contribution >= 0.6 is 27.5 Å². The Morgan fingerprint density at radius 1 is 1.04 bits per heavy atom. The van der Waals surface area contributed by atoms with Gasteiger partial charge in [-0.3, -0.25) is 14.4 Å². The Hall–Kier alpha value is -2.51. The van der Waals surface area contributed by atoms with Gasteiger partial charge in [0.2, 0.25) is 17.8 Å². The number of fused-ring (bicyclic) bond motifs is 1. The van der Waals surface area contributed by atoms with Crippen molar-refractivity contribution in [2.75, 3.05) is 4.90 Å². The second-order valence-electron chi connectivity index (χ2n) is 5.80. The fraction of sp³-hybridized carbons (Fsp3) is 0.111. The molecule has 0 spiro atoms. The van der Waals surface area contributed by atoms with Crippen molar-refractivity contribution >= 4 is 56.5 Å². The maximum Gasteiger partial charge on any atom is 0.278 e. The van der Waals surface area contributed by atoms with Crippen molar-refractivity contribution in [3.63, 3.8) is 0 Å². The Labute approximate surface area is 161 Å². The molecule has 0 radical (unpaired) electrons. The molecule has 2 aromatic rings. The highest BCUT2D eigenvalue weighted by molar-refractivity contribution is 9.10. The average molecular weight is 434 g/mol. The van der Waals surface area contributed by atoms with Gasteiger partial charge in [0.15, 0.2) is 0 Å². The van der Waals surface area contributed by atoms with Crippen molar-refractivity contribution in [3.8, 4) is 0 Å². The van der Waals surface area contributed by atoms with Crippen LogP contribution in [0.4, 0.5) is 5.69 Å². The van der Waals surface area contributed by atoms with Gasteiger partial charge < -0.3 is 4.84 Å². The predicted octanol–water partition coefficient (Wildman–Crippen LogP) is 3.23. The summed E-state index contributed by atoms with van der Waals surface area (Å²) < 4.78 is 0.817. The van der Waals surface area contributed by atoms with Crippen LogP contribution in [0.5, 0.6) is 0 Å². The lowest BCUT2D eigenvalue weighted by Gasteiger charge is -2.15. The first-order valence-corrected chi connectivity index (χ1v) is 8.82. The summed E-state index contributed by atoms with van der Waals surface area (Å²) in [4.78, 5) is 44.3. The van der Waals surface area contributed by atoms with Gasteiger partial charge in [-0.2, -0.15) is 0 Å². The van der Waals surface area contributed by atoms with E-state index in [0.717, 1.165) is 9.37 Å². The molecule has 26 heavy (non-hydrogen) atoms. The third-order valence-corrected chi connectivity index (χ3v) is 5.02. The molecular weight excluding hydrogens is 424 g/mol. The van der Waals surface area contributed by atoms with E-state index in [4.69, 9.17) is 16.4 Å². The molecule has 0 bridgehead atoms. The molecule has 2 atom stereocenters. The normalized spacial score (nSPS) is 21.5. The van der Waals surface area contributed by atoms with E-state index in [0.29, 0.717) is 16.3 Å². The standard InChI is InChI=1S/C18H10BrClN2O4/c19-10-3-7-12(8-4-10)22-17(24)13-14(21-26-16(13)18(22)25)15(23)9-1-5-11(20)6-2-9/h1-8,13,16H/t13-,16+/m0/s1. The average Bonchev–Trinajstić information content (AvgIpc) is 3.17. The number of Topliss-reactive ketones (excluding diaryl/α,β-unsaturated/α-hetero) is 1. The monoisotopic (exact) mass is 432 g/mol. The molecule has 6 nitrogen and oxygen atoms in total. The van der Waals surface area contributed by atoms with E-state index in [1.54, 1.807) is 36.4 Å². The van der Waals surface area contributed by atoms with Gasteiger partial charge in [-0.15, -0.1) is 0 Å². The molecular formula is C18H10BrClN2O4. The number of imide groups is 1. The van der Waals surface area contributed by atoms with E-state index in [1.807, 2.05) is 0 Å². The highest BCUT2D eigenvalue weighted by Crippen LogP contribution is 2.34. The number of halogens is 2. The van der Waals surface area contributed by atoms with Gasteiger partial charge in [0.25, 0.3) is 5.91 Å². The molecule has 2 aliphatic rings. The zero-order chi connectivity index (χ0) is 18.4. The number of hydrogen-bond acceptors (Lipinski definition) is 5. The Kier molecular flexibility index (Phi) is 4.13. The number of nitrogens with zero attached hydrogens (tertiary/aromatic N) is 2. The van der Waals surface area contributed by atoms with Gasteiger partial charge >= 0.3 is 0 Å². The van der Waals surface area contributed by atoms with Gasteiger partial charge in [0.1, 0.15) is 11.6 Å². The zero-order valence-electron chi connectivity index (χ0n) is 13.1. The fourth-order valence-corrected chi connectivity index (χ4v) is 3.35. The topological polar surface area (TPSA) is 76.0 Å². The zero-order valence-corrected chi connectivity index (χ0v) is 15.4. The first-order valence-electron chi connectivity index (χ1n) is 7.65. The van der Waals surface area contributed by atoms with Crippen LogP contribution in [0, 0.1) is 5.92 Å². The second kappa shape index (κ2) is 6.34. The molecule has 1 saturated heterocycles. The first-order chi connectivity index (χ1) is 12.5. The van der Waals surface area contributed by atoms with Crippen LogP contribution in [0.3, 0.4) is 0 Å². The van der Waals surface area contributed by atoms with Crippen LogP contribution in [0.2, 0.25) is 5.02 Å². The molecule has 2 aliphatic heterocycles. The molecule has 4 rings (SSSR count). The van der Waals surface area contributed by atoms with Crippen LogP contribution in [0.25, 0.3) is 0 Å². The van der Waals surface area contributed by atoms with Gasteiger partial charge in [-0.25, -0.2) is 4.90 Å². The number of carbonyl (C=O) groups excluding carboxylic acids is 3. The van der Waals surface area contributed by atoms with Gasteiger partial charge in [-0.05, 0) is 48.5 Å². The van der Waals surface area contributed by atoms with E-state index in [-0.39, 0.29) is 5.71 Å². The number of benzene rings is 2. The van der Waals surface area contributed by atoms with Crippen molar-refractivity contribution < 1.29 is 19.2 Å². The summed E-state index contributed by atoms with van der Waals surface area (Å²) in [5.41, 5.74) is 0.662. The van der Waals surface area contributed by atoms with E-state index in [9.17, 15) is 14.4 Å². The predicted molar refractivity (Wildman–Crippen MR) is 98.2 cm³/mol. The van der Waals surface area contributed by atoms with Crippen LogP contribution in [-0.2, 0) is 14.4 Å². The molecule has 0 saturated carbocycles. The summed E-state index contributed by atoms with van der Waals surface area (Å²) >= 11 is 9.14. The SMILES string of the molecule is O=C(C1=NO[C@H]2C(=O)N(c3ccc(Br)cc3)C(=O)[C@@H]12)c1ccc(Cl)cc1. The lowest BCUT2D eigenvalue weighted by molar-refractivity contribution is -0.126. The Balaban J connectivity index is 1.65. The van der Waals surface area contributed by atoms with E-state index in [2.05, 4.69) is 21.1 Å². The van der Waals surface area contributed by atoms with Crippen LogP contribution in [0.1, 0.15) is 10.4 Å². The molecule has 0 aromatic heterocycles. The lowest BCUT2D eigenvalue weighted by Crippen LogP contribution is -2.34. The second-order valence-corrected chi connectivity index (χ2v) is 7.16. The van der Waals surface area contributed by atoms with Crippen LogP contribution in [-0.4, -0.2) is 29.4 Å². The van der Waals surface area contributed by atoms with Crippen molar-refractivity contribution in [3.05, 3.63) is 63.6 Å². The van der Waals surface area contributed by atoms with Crippen molar-refractivity contribution in [2.24, 2.45) is 11.1 Å². The quantitative estimate of drug-likeness (QED) is 0.550. The number of hydrogen-bond donors (Lipinski definition) is 0. The van der Waals surface area contributed by atoms with E-state index < -0.39 is 29.6 Å². The molecule has 0 unspecified atom stereocenters. The van der Waals surface area contributed by atoms with Gasteiger partial charge in [0, 0.05) is 15.1 Å². The van der Waals surface area contributed by atoms with Crippen molar-refractivity contribution in [1.82, 2.24) is 0 Å². The first kappa shape index (κ1) is 16.9. The van der Waals surface area contributed by atoms with E-state index in [1.165, 1.54) is 12.1 Å². The minimum Gasteiger partial charge on any atom is -0.381 e. The molecule has 1 fully saturated rings. The number of ketones is 1. The lowest BCUT2D eigenvalue weighted by atomic mass is 9.93. The molecule has 0 aliphatic carbocycles. The molecule has 130 valence electrons. The largest absolute Gasteiger partial charge is 0.381 e. The number of oxime groups is 1. The summed E-state index contributed by atoms with van der Waals surface area (Å²) in [7, 11) is 0. The van der Waals surface area contributed by atoms with Crippen molar-refractivity contribution in [1.29, 1.82) is 0 Å². The third-order valence-electron chi connectivity index (χ3n) is 4.24. The minimum atomic E-state index is -1.11. The summed E-state index contributed by atoms with van der Waals surface area (Å²) in [6.07, 6.45) is -1.11. The molecule has 2 aromatic carbocycles. The summed E-state index contributed by atoms with van der Waals surface area (Å²) in [6.45, 7) is 0. The number of amides is 2. The third kappa shape index (κ3) is 2.64. The Bertz CT molecular complexity index is 956. The van der Waals surface area contributed by atoms with Gasteiger partial charge in [-0.1, -0.05) is 32.7 Å². The van der Waals surface area contributed by atoms with Crippen molar-refractivity contribution in [2.45, 2.75) is 6.10 Å². The highest BCUT2D eigenvalue weighted by Gasteiger charge is 2.57. The maximum absolute atomic E-state index is 12.8. The molecule has 0 N–H and O–H groups in total. The molecule has 2 amide bonds. The number of anilines is 1. The fourth-order valence-electron chi connectivity index (χ4n) is 2.96. The maximum atomic E-state index is 12.8. The summed E-state index contributed by atoms with van der Waals surface area (Å²) in [6, 6.07) is 12.9. The Morgan fingerprint density at radius 3 is 2.35 bits per heavy atom. The molecule has 2 heterocycles. The summed E-state index contributed by atoms with van der Waals surface area (Å²) in [5, 5.41) is 4.20. The van der Waals surface area contributed by atoms with Gasteiger partial charge in [0.05, 0.1) is 5.69 Å².